The summed E-state index contributed by atoms with van der Waals surface area (Å²) < 4.78 is 27.6. The lowest BCUT2D eigenvalue weighted by molar-refractivity contribution is 0.111. The van der Waals surface area contributed by atoms with Gasteiger partial charge >= 0.3 is 0 Å². The van der Waals surface area contributed by atoms with Gasteiger partial charge in [0.25, 0.3) is 0 Å². The van der Waals surface area contributed by atoms with Crippen molar-refractivity contribution in [1.82, 2.24) is 4.98 Å². The predicted molar refractivity (Wildman–Crippen MR) is 91.2 cm³/mol. The summed E-state index contributed by atoms with van der Waals surface area (Å²) in [6.07, 6.45) is 1.88. The number of carbonyl (C=O) groups is 1. The van der Waals surface area contributed by atoms with Crippen LogP contribution in [0.4, 0.5) is 26.0 Å². The fourth-order valence-corrected chi connectivity index (χ4v) is 3.06. The molecule has 3 rings (SSSR count). The molecule has 0 unspecified atom stereocenters. The molecule has 1 fully saturated rings. The van der Waals surface area contributed by atoms with Gasteiger partial charge < -0.3 is 20.6 Å². The number of phenolic OH excluding ortho intramolecular Hbond substituents is 1. The Hall–Kier alpha value is -2.90. The van der Waals surface area contributed by atoms with Crippen LogP contribution in [0, 0.1) is 18.6 Å². The summed E-state index contributed by atoms with van der Waals surface area (Å²) in [5, 5.41) is 9.33. The molecule has 1 saturated heterocycles. The summed E-state index contributed by atoms with van der Waals surface area (Å²) >= 11 is 0. The molecule has 6 nitrogen and oxygen atoms in total. The second kappa shape index (κ2) is 6.54. The zero-order valence-corrected chi connectivity index (χ0v) is 13.7. The first-order valence-corrected chi connectivity index (χ1v) is 7.80. The summed E-state index contributed by atoms with van der Waals surface area (Å²) in [5.41, 5.74) is 7.05. The first-order valence-electron chi connectivity index (χ1n) is 7.80. The van der Waals surface area contributed by atoms with Crippen LogP contribution in [0.2, 0.25) is 0 Å². The third-order valence-corrected chi connectivity index (χ3v) is 4.32. The highest BCUT2D eigenvalue weighted by molar-refractivity contribution is 5.86. The van der Waals surface area contributed by atoms with Gasteiger partial charge in [0.15, 0.2) is 23.7 Å². The minimum atomic E-state index is -1.23. The molecule has 1 aromatic carbocycles. The Bertz CT molecular complexity index is 821. The highest BCUT2D eigenvalue weighted by atomic mass is 19.1. The summed E-state index contributed by atoms with van der Waals surface area (Å²) in [7, 11) is 0. The number of hydrogen-bond donors (Lipinski definition) is 2. The number of aryl methyl sites for hydroxylation is 1. The zero-order chi connectivity index (χ0) is 18.1. The Morgan fingerprint density at radius 2 is 1.84 bits per heavy atom. The Kier molecular flexibility index (Phi) is 4.43. The van der Waals surface area contributed by atoms with Crippen LogP contribution in [-0.4, -0.2) is 42.6 Å². The number of nitrogens with two attached hydrogens (primary N) is 1. The van der Waals surface area contributed by atoms with Crippen LogP contribution in [-0.2, 0) is 0 Å². The molecule has 0 saturated carbocycles. The quantitative estimate of drug-likeness (QED) is 0.827. The monoisotopic (exact) mass is 348 g/mol. The van der Waals surface area contributed by atoms with Crippen molar-refractivity contribution >= 4 is 23.5 Å². The summed E-state index contributed by atoms with van der Waals surface area (Å²) in [4.78, 5) is 19.3. The normalized spacial score (nSPS) is 14.7. The molecule has 1 aliphatic heterocycles. The van der Waals surface area contributed by atoms with Crippen LogP contribution in [0.1, 0.15) is 15.9 Å². The van der Waals surface area contributed by atoms with E-state index in [1.54, 1.807) is 11.1 Å². The van der Waals surface area contributed by atoms with Crippen molar-refractivity contribution in [3.8, 4) is 5.75 Å². The molecule has 0 spiro atoms. The Balaban J connectivity index is 1.82. The number of aromatic hydroxyl groups is 1. The topological polar surface area (TPSA) is 82.7 Å². The average molecular weight is 348 g/mol. The third kappa shape index (κ3) is 3.07. The molecule has 0 atom stereocenters. The molecule has 2 heterocycles. The van der Waals surface area contributed by atoms with E-state index in [2.05, 4.69) is 9.88 Å². The first-order chi connectivity index (χ1) is 11.9. The number of benzene rings is 1. The number of aromatic nitrogens is 1. The first kappa shape index (κ1) is 16.9. The van der Waals surface area contributed by atoms with Crippen LogP contribution < -0.4 is 15.5 Å². The van der Waals surface area contributed by atoms with Gasteiger partial charge in [-0.2, -0.15) is 0 Å². The van der Waals surface area contributed by atoms with E-state index < -0.39 is 17.4 Å². The molecule has 0 bridgehead atoms. The summed E-state index contributed by atoms with van der Waals surface area (Å²) in [5.74, 6) is -2.64. The highest BCUT2D eigenvalue weighted by Crippen LogP contribution is 2.32. The number of nitrogens with zero attached hydrogens (tertiary/aromatic N) is 3. The number of rotatable bonds is 3. The number of pyridine rings is 1. The van der Waals surface area contributed by atoms with Gasteiger partial charge in [0, 0.05) is 32.2 Å². The molecule has 0 aliphatic carbocycles. The van der Waals surface area contributed by atoms with Crippen molar-refractivity contribution in [2.75, 3.05) is 41.7 Å². The van der Waals surface area contributed by atoms with E-state index in [0.717, 1.165) is 17.4 Å². The number of phenols is 1. The largest absolute Gasteiger partial charge is 0.503 e. The Morgan fingerprint density at radius 1 is 1.20 bits per heavy atom. The maximum Gasteiger partial charge on any atom is 0.188 e. The lowest BCUT2D eigenvalue weighted by atomic mass is 10.1. The highest BCUT2D eigenvalue weighted by Gasteiger charge is 2.25. The number of nitrogen functional groups attached to an aromatic ring is 1. The van der Waals surface area contributed by atoms with Gasteiger partial charge in [0.1, 0.15) is 5.82 Å². The SMILES string of the molecule is Cc1cc(N)cnc1N1CCN(c2cc(F)c(O)c(F)c2C=O)CC1. The molecule has 1 aromatic heterocycles. The molecule has 0 radical (unpaired) electrons. The van der Waals surface area contributed by atoms with Gasteiger partial charge in [-0.1, -0.05) is 0 Å². The average Bonchev–Trinajstić information content (AvgIpc) is 2.60. The van der Waals surface area contributed by atoms with Gasteiger partial charge in [-0.05, 0) is 18.6 Å². The summed E-state index contributed by atoms with van der Waals surface area (Å²) in [6, 6.07) is 2.83. The zero-order valence-electron chi connectivity index (χ0n) is 13.7. The van der Waals surface area contributed by atoms with Gasteiger partial charge in [-0.25, -0.2) is 13.8 Å². The third-order valence-electron chi connectivity index (χ3n) is 4.32. The van der Waals surface area contributed by atoms with E-state index in [1.807, 2.05) is 13.0 Å². The van der Waals surface area contributed by atoms with E-state index in [0.29, 0.717) is 38.2 Å². The number of aldehydes is 1. The number of anilines is 3. The Labute approximate surface area is 143 Å². The molecule has 132 valence electrons. The molecule has 2 aromatic rings. The van der Waals surface area contributed by atoms with E-state index in [9.17, 15) is 18.7 Å². The minimum Gasteiger partial charge on any atom is -0.503 e. The molecular formula is C17H18F2N4O2. The van der Waals surface area contributed by atoms with Crippen molar-refractivity contribution in [1.29, 1.82) is 0 Å². The lowest BCUT2D eigenvalue weighted by Gasteiger charge is -2.37. The second-order valence-corrected chi connectivity index (χ2v) is 5.95. The minimum absolute atomic E-state index is 0.143. The van der Waals surface area contributed by atoms with E-state index in [-0.39, 0.29) is 11.3 Å². The van der Waals surface area contributed by atoms with Crippen molar-refractivity contribution in [2.45, 2.75) is 6.92 Å². The second-order valence-electron chi connectivity index (χ2n) is 5.95. The van der Waals surface area contributed by atoms with Crippen LogP contribution >= 0.6 is 0 Å². The van der Waals surface area contributed by atoms with Crippen LogP contribution in [0.25, 0.3) is 0 Å². The molecule has 0 amide bonds. The molecule has 3 N–H and O–H groups in total. The van der Waals surface area contributed by atoms with Crippen molar-refractivity contribution in [3.63, 3.8) is 0 Å². The maximum atomic E-state index is 13.9. The molecule has 1 aliphatic rings. The lowest BCUT2D eigenvalue weighted by Crippen LogP contribution is -2.47. The van der Waals surface area contributed by atoms with Gasteiger partial charge in [0.05, 0.1) is 23.1 Å². The molecule has 25 heavy (non-hydrogen) atoms. The van der Waals surface area contributed by atoms with Crippen molar-refractivity contribution in [3.05, 3.63) is 41.1 Å². The van der Waals surface area contributed by atoms with Gasteiger partial charge in [0.2, 0.25) is 0 Å². The fourth-order valence-electron chi connectivity index (χ4n) is 3.06. The van der Waals surface area contributed by atoms with Gasteiger partial charge in [-0.15, -0.1) is 0 Å². The van der Waals surface area contributed by atoms with Crippen LogP contribution in [0.15, 0.2) is 18.3 Å². The van der Waals surface area contributed by atoms with E-state index >= 15 is 0 Å². The number of halogens is 2. The van der Waals surface area contributed by atoms with Crippen molar-refractivity contribution in [2.24, 2.45) is 0 Å². The predicted octanol–water partition coefficient (Wildman–Crippen LogP) is 2.10. The van der Waals surface area contributed by atoms with E-state index in [4.69, 9.17) is 5.73 Å². The smallest absolute Gasteiger partial charge is 0.188 e. The number of carbonyl (C=O) groups excluding carboxylic acids is 1. The maximum absolute atomic E-state index is 13.9. The molecule has 8 heteroatoms. The van der Waals surface area contributed by atoms with Crippen LogP contribution in [0.3, 0.4) is 0 Å². The van der Waals surface area contributed by atoms with E-state index in [1.165, 1.54) is 0 Å². The summed E-state index contributed by atoms with van der Waals surface area (Å²) in [6.45, 7) is 3.96. The Morgan fingerprint density at radius 3 is 2.44 bits per heavy atom. The standard InChI is InChI=1S/C17H18F2N4O2/c1-10-6-11(20)8-21-17(10)23-4-2-22(3-5-23)14-7-13(18)16(25)15(19)12(14)9-24/h6-9,25H,2-5,20H2,1H3. The molecular weight excluding hydrogens is 330 g/mol. The van der Waals surface area contributed by atoms with Crippen molar-refractivity contribution < 1.29 is 18.7 Å². The van der Waals surface area contributed by atoms with Gasteiger partial charge in [-0.3, -0.25) is 4.79 Å². The van der Waals surface area contributed by atoms with Crippen LogP contribution in [0.5, 0.6) is 5.75 Å². The fraction of sp³-hybridized carbons (Fsp3) is 0.294. The number of hydrogen-bond acceptors (Lipinski definition) is 6. The number of piperazine rings is 1.